The van der Waals surface area contributed by atoms with E-state index in [2.05, 4.69) is 22.8 Å². The maximum atomic E-state index is 12.0. The summed E-state index contributed by atoms with van der Waals surface area (Å²) < 4.78 is 0. The summed E-state index contributed by atoms with van der Waals surface area (Å²) in [6, 6.07) is 12.7. The zero-order chi connectivity index (χ0) is 19.8. The Kier molecular flexibility index (Phi) is 4.63. The molecule has 3 unspecified atom stereocenters. The van der Waals surface area contributed by atoms with Crippen molar-refractivity contribution in [3.05, 3.63) is 75.9 Å². The normalized spacial score (nSPS) is 22.3. The molecule has 0 aromatic heterocycles. The van der Waals surface area contributed by atoms with Crippen molar-refractivity contribution in [2.75, 3.05) is 10.6 Å². The van der Waals surface area contributed by atoms with E-state index in [1.165, 1.54) is 0 Å². The van der Waals surface area contributed by atoms with E-state index >= 15 is 0 Å². The van der Waals surface area contributed by atoms with Gasteiger partial charge >= 0.3 is 0 Å². The number of benzene rings is 2. The first-order valence-corrected chi connectivity index (χ1v) is 9.57. The predicted molar refractivity (Wildman–Crippen MR) is 109 cm³/mol. The van der Waals surface area contributed by atoms with Crippen molar-refractivity contribution >= 4 is 23.0 Å². The van der Waals surface area contributed by atoms with E-state index in [0.717, 1.165) is 23.4 Å². The lowest BCUT2D eigenvalue weighted by Gasteiger charge is -2.37. The smallest absolute Gasteiger partial charge is 0.274 e. The number of nitro groups is 1. The summed E-state index contributed by atoms with van der Waals surface area (Å²) in [4.78, 5) is 23.3. The number of carbonyl (C=O) groups is 1. The minimum absolute atomic E-state index is 0.0139. The number of nitrogens with one attached hydrogen (secondary N) is 2. The fourth-order valence-corrected chi connectivity index (χ4v) is 4.18. The van der Waals surface area contributed by atoms with Crippen LogP contribution >= 0.6 is 0 Å². The number of anilines is 2. The first-order valence-electron chi connectivity index (χ1n) is 9.57. The highest BCUT2D eigenvalue weighted by Crippen LogP contribution is 2.51. The van der Waals surface area contributed by atoms with E-state index in [4.69, 9.17) is 0 Å². The number of hydrogen-bond donors (Lipinski definition) is 2. The van der Waals surface area contributed by atoms with Gasteiger partial charge in [-0.3, -0.25) is 14.9 Å². The number of nitrogens with zero attached hydrogens (tertiary/aromatic N) is 1. The summed E-state index contributed by atoms with van der Waals surface area (Å²) in [6.45, 7) is 3.73. The van der Waals surface area contributed by atoms with Crippen LogP contribution in [0.3, 0.4) is 0 Å². The van der Waals surface area contributed by atoms with Crippen LogP contribution in [0.4, 0.5) is 17.1 Å². The molecule has 2 aromatic carbocycles. The van der Waals surface area contributed by atoms with Crippen LogP contribution in [0, 0.1) is 22.0 Å². The standard InChI is InChI=1S/C22H23N3O3/c1-13(2)22(26)23-14-10-11-19-18(12-14)15-7-5-8-16(15)21(24-19)17-6-3-4-9-20(17)25(27)28/h3-7,9-13,15-16,21,24H,8H2,1-2H3,(H,23,26). The molecule has 0 spiro atoms. The Balaban J connectivity index is 1.71. The number of hydrogen-bond acceptors (Lipinski definition) is 4. The van der Waals surface area contributed by atoms with Crippen molar-refractivity contribution < 1.29 is 9.72 Å². The van der Waals surface area contributed by atoms with E-state index in [1.807, 2.05) is 44.2 Å². The van der Waals surface area contributed by atoms with Crippen molar-refractivity contribution in [2.45, 2.75) is 32.2 Å². The van der Waals surface area contributed by atoms with Gasteiger partial charge in [-0.15, -0.1) is 0 Å². The highest BCUT2D eigenvalue weighted by atomic mass is 16.6. The van der Waals surface area contributed by atoms with Crippen LogP contribution in [0.15, 0.2) is 54.6 Å². The Hall–Kier alpha value is -3.15. The van der Waals surface area contributed by atoms with Crippen LogP contribution in [-0.2, 0) is 4.79 Å². The zero-order valence-corrected chi connectivity index (χ0v) is 15.9. The number of carbonyl (C=O) groups excluding carboxylic acids is 1. The summed E-state index contributed by atoms with van der Waals surface area (Å²) in [5.74, 6) is 0.262. The Labute approximate surface area is 163 Å². The molecule has 0 bridgehead atoms. The molecule has 2 aromatic rings. The van der Waals surface area contributed by atoms with Crippen molar-refractivity contribution in [1.82, 2.24) is 0 Å². The largest absolute Gasteiger partial charge is 0.377 e. The highest BCUT2D eigenvalue weighted by Gasteiger charge is 2.40. The number of amides is 1. The summed E-state index contributed by atoms with van der Waals surface area (Å²) in [5, 5.41) is 18.0. The van der Waals surface area contributed by atoms with Crippen LogP contribution in [0.2, 0.25) is 0 Å². The van der Waals surface area contributed by atoms with Crippen LogP contribution in [-0.4, -0.2) is 10.8 Å². The van der Waals surface area contributed by atoms with E-state index < -0.39 is 0 Å². The number of rotatable bonds is 4. The molecule has 1 aliphatic heterocycles. The van der Waals surface area contributed by atoms with E-state index in [0.29, 0.717) is 5.56 Å². The lowest BCUT2D eigenvalue weighted by atomic mass is 9.76. The molecule has 0 radical (unpaired) electrons. The van der Waals surface area contributed by atoms with Crippen molar-refractivity contribution in [3.8, 4) is 0 Å². The van der Waals surface area contributed by atoms with Gasteiger partial charge in [-0.25, -0.2) is 0 Å². The molecule has 6 heteroatoms. The van der Waals surface area contributed by atoms with Crippen molar-refractivity contribution in [2.24, 2.45) is 11.8 Å². The van der Waals surface area contributed by atoms with Gasteiger partial charge in [-0.05, 0) is 36.1 Å². The Bertz CT molecular complexity index is 967. The summed E-state index contributed by atoms with van der Waals surface area (Å²) in [7, 11) is 0. The molecule has 2 aliphatic rings. The maximum Gasteiger partial charge on any atom is 0.274 e. The first-order chi connectivity index (χ1) is 13.5. The van der Waals surface area contributed by atoms with Crippen molar-refractivity contribution in [3.63, 3.8) is 0 Å². The van der Waals surface area contributed by atoms with Gasteiger partial charge in [0.25, 0.3) is 5.69 Å². The Morgan fingerprint density at radius 3 is 2.75 bits per heavy atom. The highest BCUT2D eigenvalue weighted by molar-refractivity contribution is 5.92. The Morgan fingerprint density at radius 1 is 1.21 bits per heavy atom. The number of para-hydroxylation sites is 1. The van der Waals surface area contributed by atoms with Gasteiger partial charge < -0.3 is 10.6 Å². The van der Waals surface area contributed by atoms with Crippen LogP contribution in [0.1, 0.15) is 43.4 Å². The summed E-state index contributed by atoms with van der Waals surface area (Å²) >= 11 is 0. The molecular formula is C22H23N3O3. The average molecular weight is 377 g/mol. The number of nitro benzene ring substituents is 1. The predicted octanol–water partition coefficient (Wildman–Crippen LogP) is 5.02. The molecule has 2 N–H and O–H groups in total. The number of allylic oxidation sites excluding steroid dienone is 2. The quantitative estimate of drug-likeness (QED) is 0.445. The van der Waals surface area contributed by atoms with Gasteiger partial charge in [0.05, 0.1) is 16.5 Å². The van der Waals surface area contributed by atoms with E-state index in [9.17, 15) is 14.9 Å². The molecule has 6 nitrogen and oxygen atoms in total. The Morgan fingerprint density at radius 2 is 2.00 bits per heavy atom. The third-order valence-electron chi connectivity index (χ3n) is 5.62. The minimum Gasteiger partial charge on any atom is -0.377 e. The first kappa shape index (κ1) is 18.2. The molecule has 3 atom stereocenters. The molecular weight excluding hydrogens is 354 g/mol. The second kappa shape index (κ2) is 7.11. The van der Waals surface area contributed by atoms with Gasteiger partial charge in [0.2, 0.25) is 5.91 Å². The molecule has 1 aliphatic carbocycles. The van der Waals surface area contributed by atoms with E-state index in [1.54, 1.807) is 12.1 Å². The molecule has 4 rings (SSSR count). The van der Waals surface area contributed by atoms with Crippen LogP contribution in [0.25, 0.3) is 0 Å². The molecule has 144 valence electrons. The van der Waals surface area contributed by atoms with Gasteiger partial charge in [-0.1, -0.05) is 44.2 Å². The van der Waals surface area contributed by atoms with Gasteiger partial charge in [0, 0.05) is 29.3 Å². The third-order valence-corrected chi connectivity index (χ3v) is 5.62. The molecule has 0 saturated heterocycles. The fourth-order valence-electron chi connectivity index (χ4n) is 4.18. The monoisotopic (exact) mass is 377 g/mol. The van der Waals surface area contributed by atoms with Gasteiger partial charge in [0.15, 0.2) is 0 Å². The average Bonchev–Trinajstić information content (AvgIpc) is 3.17. The van der Waals surface area contributed by atoms with Gasteiger partial charge in [-0.2, -0.15) is 0 Å². The molecule has 1 amide bonds. The summed E-state index contributed by atoms with van der Waals surface area (Å²) in [6.07, 6.45) is 5.18. The lowest BCUT2D eigenvalue weighted by molar-refractivity contribution is -0.385. The van der Waals surface area contributed by atoms with E-state index in [-0.39, 0.29) is 40.3 Å². The molecule has 1 heterocycles. The van der Waals surface area contributed by atoms with Crippen LogP contribution in [0.5, 0.6) is 0 Å². The topological polar surface area (TPSA) is 84.3 Å². The van der Waals surface area contributed by atoms with Crippen molar-refractivity contribution in [1.29, 1.82) is 0 Å². The molecule has 0 fully saturated rings. The van der Waals surface area contributed by atoms with Gasteiger partial charge in [0.1, 0.15) is 0 Å². The fraction of sp³-hybridized carbons (Fsp3) is 0.318. The zero-order valence-electron chi connectivity index (χ0n) is 15.9. The van der Waals surface area contributed by atoms with Crippen LogP contribution < -0.4 is 10.6 Å². The molecule has 28 heavy (non-hydrogen) atoms. The second-order valence-corrected chi connectivity index (χ2v) is 7.74. The SMILES string of the molecule is CC(C)C(=O)Nc1ccc2c(c1)C1C=CCC1C(c1ccccc1[N+](=O)[O-])N2. The summed E-state index contributed by atoms with van der Waals surface area (Å²) in [5.41, 5.74) is 3.72. The maximum absolute atomic E-state index is 12.0. The lowest BCUT2D eigenvalue weighted by Crippen LogP contribution is -2.29. The minimum atomic E-state index is -0.311. The third kappa shape index (κ3) is 3.15. The number of fused-ring (bicyclic) bond motifs is 3. The molecule has 0 saturated carbocycles. The second-order valence-electron chi connectivity index (χ2n) is 7.74.